The van der Waals surface area contributed by atoms with Crippen molar-refractivity contribution in [2.75, 3.05) is 0 Å². The van der Waals surface area contributed by atoms with Crippen LogP contribution in [0.15, 0.2) is 4.42 Å². The van der Waals surface area contributed by atoms with Crippen molar-refractivity contribution in [3.8, 4) is 6.07 Å². The fraction of sp³-hybridized carbons (Fsp3) is 0.357. The first-order valence-electron chi connectivity index (χ1n) is 6.36. The number of nitriles is 1. The quantitative estimate of drug-likeness (QED) is 0.489. The van der Waals surface area contributed by atoms with Crippen LogP contribution in [0.3, 0.4) is 0 Å². The Labute approximate surface area is 124 Å². The standard InChI is InChI=1S/C14H15BN4O2/c1-7-12(9(3)19(5)18-7)14(21-15)11(6-16)13-8(2)17-10(4)20-13/h1-5H3. The van der Waals surface area contributed by atoms with Crippen LogP contribution < -0.4 is 0 Å². The number of hydrogen-bond acceptors (Lipinski definition) is 5. The van der Waals surface area contributed by atoms with Crippen LogP contribution in [-0.2, 0) is 11.7 Å². The Hall–Kier alpha value is -2.49. The van der Waals surface area contributed by atoms with Crippen LogP contribution in [0.25, 0.3) is 11.3 Å². The minimum Gasteiger partial charge on any atom is -0.566 e. The van der Waals surface area contributed by atoms with E-state index in [0.717, 1.165) is 11.4 Å². The zero-order chi connectivity index (χ0) is 15.7. The molecule has 0 aliphatic carbocycles. The van der Waals surface area contributed by atoms with Crippen LogP contribution in [-0.4, -0.2) is 22.8 Å². The first kappa shape index (κ1) is 14.9. The molecule has 2 aromatic rings. The lowest BCUT2D eigenvalue weighted by Crippen LogP contribution is -1.99. The molecule has 2 rings (SSSR count). The molecular formula is C14H15BN4O2. The van der Waals surface area contributed by atoms with Gasteiger partial charge in [0.15, 0.2) is 11.7 Å². The molecule has 2 heterocycles. The van der Waals surface area contributed by atoms with Crippen molar-refractivity contribution in [2.45, 2.75) is 27.7 Å². The fourth-order valence-corrected chi connectivity index (χ4v) is 2.31. The van der Waals surface area contributed by atoms with E-state index in [1.807, 2.05) is 20.9 Å². The van der Waals surface area contributed by atoms with Crippen molar-refractivity contribution in [1.82, 2.24) is 14.8 Å². The third kappa shape index (κ3) is 2.45. The molecule has 2 radical (unpaired) electrons. The van der Waals surface area contributed by atoms with Gasteiger partial charge in [0.2, 0.25) is 0 Å². The molecule has 0 atom stereocenters. The summed E-state index contributed by atoms with van der Waals surface area (Å²) < 4.78 is 12.2. The molecule has 2 aromatic heterocycles. The molecule has 7 heteroatoms. The Morgan fingerprint density at radius 1 is 1.29 bits per heavy atom. The summed E-state index contributed by atoms with van der Waals surface area (Å²) >= 11 is 0. The van der Waals surface area contributed by atoms with E-state index >= 15 is 0 Å². The SMILES string of the molecule is [B]OC(=C(C#N)c1oc(C)nc1C)c1c(C)nn(C)c1C. The van der Waals surface area contributed by atoms with Gasteiger partial charge >= 0.3 is 8.05 Å². The van der Waals surface area contributed by atoms with E-state index in [0.29, 0.717) is 22.9 Å². The lowest BCUT2D eigenvalue weighted by atomic mass is 10.0. The summed E-state index contributed by atoms with van der Waals surface area (Å²) in [6, 6.07) is 2.09. The Morgan fingerprint density at radius 3 is 2.33 bits per heavy atom. The van der Waals surface area contributed by atoms with Gasteiger partial charge in [0.05, 0.1) is 17.0 Å². The summed E-state index contributed by atoms with van der Waals surface area (Å²) in [5.41, 5.74) is 3.06. The second-order valence-corrected chi connectivity index (χ2v) is 4.75. The zero-order valence-corrected chi connectivity index (χ0v) is 12.7. The van der Waals surface area contributed by atoms with E-state index in [4.69, 9.17) is 17.1 Å². The van der Waals surface area contributed by atoms with Crippen molar-refractivity contribution in [3.05, 3.63) is 34.3 Å². The summed E-state index contributed by atoms with van der Waals surface area (Å²) in [7, 11) is 7.23. The van der Waals surface area contributed by atoms with Gasteiger partial charge in [-0.15, -0.1) is 0 Å². The molecule has 0 aromatic carbocycles. The van der Waals surface area contributed by atoms with Crippen LogP contribution in [0.2, 0.25) is 0 Å². The molecule has 21 heavy (non-hydrogen) atoms. The number of rotatable bonds is 3. The van der Waals surface area contributed by atoms with Crippen molar-refractivity contribution in [2.24, 2.45) is 7.05 Å². The maximum absolute atomic E-state index is 9.51. The van der Waals surface area contributed by atoms with Crippen molar-refractivity contribution < 1.29 is 9.07 Å². The van der Waals surface area contributed by atoms with Gasteiger partial charge in [0.1, 0.15) is 17.4 Å². The molecule has 0 bridgehead atoms. The van der Waals surface area contributed by atoms with E-state index in [1.54, 1.807) is 18.5 Å². The third-order valence-corrected chi connectivity index (χ3v) is 3.32. The minimum absolute atomic E-state index is 0.204. The highest BCUT2D eigenvalue weighted by Crippen LogP contribution is 2.32. The average Bonchev–Trinajstić information content (AvgIpc) is 2.88. The fourth-order valence-electron chi connectivity index (χ4n) is 2.31. The zero-order valence-electron chi connectivity index (χ0n) is 12.7. The monoisotopic (exact) mass is 282 g/mol. The average molecular weight is 282 g/mol. The summed E-state index contributed by atoms with van der Waals surface area (Å²) in [6.07, 6.45) is 0. The largest absolute Gasteiger partial charge is 0.566 e. The minimum atomic E-state index is 0.204. The molecule has 0 fully saturated rings. The molecule has 0 unspecified atom stereocenters. The Morgan fingerprint density at radius 2 is 1.95 bits per heavy atom. The first-order chi connectivity index (χ1) is 9.90. The second kappa shape index (κ2) is 5.48. The number of oxazole rings is 1. The van der Waals surface area contributed by atoms with E-state index in [-0.39, 0.29) is 11.3 Å². The molecule has 106 valence electrons. The highest BCUT2D eigenvalue weighted by atomic mass is 16.4. The summed E-state index contributed by atoms with van der Waals surface area (Å²) in [5.74, 6) is 1.07. The first-order valence-corrected chi connectivity index (χ1v) is 6.36. The molecule has 0 saturated carbocycles. The van der Waals surface area contributed by atoms with E-state index in [2.05, 4.69) is 16.2 Å². The molecule has 0 aliphatic heterocycles. The smallest absolute Gasteiger partial charge is 0.374 e. The number of nitrogens with zero attached hydrogens (tertiary/aromatic N) is 4. The molecule has 0 aliphatic rings. The van der Waals surface area contributed by atoms with Crippen LogP contribution in [0.4, 0.5) is 0 Å². The number of allylic oxidation sites excluding steroid dienone is 1. The molecular weight excluding hydrogens is 267 g/mol. The van der Waals surface area contributed by atoms with Gasteiger partial charge in [-0.25, -0.2) is 4.98 Å². The van der Waals surface area contributed by atoms with Crippen molar-refractivity contribution >= 4 is 19.4 Å². The second-order valence-electron chi connectivity index (χ2n) is 4.75. The van der Waals surface area contributed by atoms with Crippen LogP contribution in [0.5, 0.6) is 0 Å². The van der Waals surface area contributed by atoms with E-state index in [9.17, 15) is 5.26 Å². The highest BCUT2D eigenvalue weighted by molar-refractivity contribution is 6.06. The predicted molar refractivity (Wildman–Crippen MR) is 77.9 cm³/mol. The van der Waals surface area contributed by atoms with Crippen LogP contribution >= 0.6 is 0 Å². The topological polar surface area (TPSA) is 76.9 Å². The van der Waals surface area contributed by atoms with Gasteiger partial charge < -0.3 is 9.07 Å². The van der Waals surface area contributed by atoms with Gasteiger partial charge in [-0.2, -0.15) is 10.4 Å². The van der Waals surface area contributed by atoms with Crippen LogP contribution in [0.1, 0.15) is 34.3 Å². The molecule has 0 saturated heterocycles. The van der Waals surface area contributed by atoms with Crippen molar-refractivity contribution in [3.63, 3.8) is 0 Å². The summed E-state index contributed by atoms with van der Waals surface area (Å²) in [5, 5.41) is 13.8. The van der Waals surface area contributed by atoms with E-state index in [1.165, 1.54) is 0 Å². The third-order valence-electron chi connectivity index (χ3n) is 3.32. The highest BCUT2D eigenvalue weighted by Gasteiger charge is 2.23. The summed E-state index contributed by atoms with van der Waals surface area (Å²) in [4.78, 5) is 4.17. The summed E-state index contributed by atoms with van der Waals surface area (Å²) in [6.45, 7) is 7.19. The lowest BCUT2D eigenvalue weighted by molar-refractivity contribution is 0.507. The predicted octanol–water partition coefficient (Wildman–Crippen LogP) is 2.13. The molecule has 0 N–H and O–H groups in total. The molecule has 6 nitrogen and oxygen atoms in total. The van der Waals surface area contributed by atoms with E-state index < -0.39 is 0 Å². The molecule has 0 amide bonds. The normalized spacial score (nSPS) is 12.0. The van der Waals surface area contributed by atoms with Gasteiger partial charge in [-0.3, -0.25) is 4.68 Å². The number of hydrogen-bond donors (Lipinski definition) is 0. The van der Waals surface area contributed by atoms with Gasteiger partial charge in [-0.05, 0) is 20.8 Å². The van der Waals surface area contributed by atoms with Crippen molar-refractivity contribution in [1.29, 1.82) is 5.26 Å². The maximum atomic E-state index is 9.51. The van der Waals surface area contributed by atoms with Gasteiger partial charge in [0.25, 0.3) is 0 Å². The number of aromatic nitrogens is 3. The maximum Gasteiger partial charge on any atom is 0.374 e. The Kier molecular flexibility index (Phi) is 3.89. The lowest BCUT2D eigenvalue weighted by Gasteiger charge is -2.10. The van der Waals surface area contributed by atoms with Crippen LogP contribution in [0, 0.1) is 39.0 Å². The van der Waals surface area contributed by atoms with Gasteiger partial charge in [0, 0.05) is 19.7 Å². The Balaban J connectivity index is 2.77. The Bertz CT molecular complexity index is 765. The molecule has 0 spiro atoms. The number of aryl methyl sites for hydroxylation is 4. The van der Waals surface area contributed by atoms with Gasteiger partial charge in [-0.1, -0.05) is 0 Å².